The van der Waals surface area contributed by atoms with Crippen LogP contribution in [0, 0.1) is 0 Å². The van der Waals surface area contributed by atoms with Crippen LogP contribution in [0.25, 0.3) is 0 Å². The Bertz CT molecular complexity index is 371. The average molecular weight is 235 g/mol. The van der Waals surface area contributed by atoms with Gasteiger partial charge < -0.3 is 19.1 Å². The Hall–Kier alpha value is -1.26. The van der Waals surface area contributed by atoms with E-state index in [2.05, 4.69) is 24.1 Å². The molecule has 0 aromatic heterocycles. The van der Waals surface area contributed by atoms with E-state index < -0.39 is 0 Å². The third-order valence-corrected chi connectivity index (χ3v) is 3.00. The molecule has 0 spiro atoms. The summed E-state index contributed by atoms with van der Waals surface area (Å²) < 4.78 is 15.9. The molecule has 1 aromatic rings. The van der Waals surface area contributed by atoms with E-state index in [1.807, 2.05) is 12.1 Å². The lowest BCUT2D eigenvalue weighted by molar-refractivity contribution is 0.263. The average Bonchev–Trinajstić information content (AvgIpc) is 3.22. The lowest BCUT2D eigenvalue weighted by Gasteiger charge is -2.18. The van der Waals surface area contributed by atoms with Crippen LogP contribution in [0.15, 0.2) is 24.3 Å². The first kappa shape index (κ1) is 10.9. The largest absolute Gasteiger partial charge is 0.491 e. The van der Waals surface area contributed by atoms with Crippen LogP contribution in [0.2, 0.25) is 0 Å². The number of rotatable bonds is 6. The van der Waals surface area contributed by atoms with E-state index in [1.54, 1.807) is 0 Å². The van der Waals surface area contributed by atoms with Gasteiger partial charge in [0.25, 0.3) is 0 Å². The zero-order valence-corrected chi connectivity index (χ0v) is 9.96. The molecule has 0 amide bonds. The zero-order chi connectivity index (χ0) is 11.7. The quantitative estimate of drug-likeness (QED) is 0.696. The minimum Gasteiger partial charge on any atom is -0.491 e. The van der Waals surface area contributed by atoms with Gasteiger partial charge in [0.2, 0.25) is 0 Å². The molecular formula is C13H17NO3. The van der Waals surface area contributed by atoms with Gasteiger partial charge in [-0.2, -0.15) is 0 Å². The molecule has 0 aliphatic carbocycles. The van der Waals surface area contributed by atoms with E-state index >= 15 is 0 Å². The van der Waals surface area contributed by atoms with E-state index in [4.69, 9.17) is 14.2 Å². The van der Waals surface area contributed by atoms with Gasteiger partial charge in [-0.25, -0.2) is 0 Å². The van der Waals surface area contributed by atoms with Gasteiger partial charge in [0.15, 0.2) is 0 Å². The minimum atomic E-state index is 0.310. The number of anilines is 1. The van der Waals surface area contributed by atoms with Crippen LogP contribution in [0.5, 0.6) is 5.75 Å². The maximum atomic E-state index is 5.59. The van der Waals surface area contributed by atoms with Crippen LogP contribution in [0.4, 0.5) is 5.69 Å². The first-order chi connectivity index (χ1) is 8.31. The fraction of sp³-hybridized carbons (Fsp3) is 0.538. The summed E-state index contributed by atoms with van der Waals surface area (Å²) >= 11 is 0. The van der Waals surface area contributed by atoms with Gasteiger partial charge in [-0.05, 0) is 24.3 Å². The molecule has 0 radical (unpaired) electrons. The second-order valence-electron chi connectivity index (χ2n) is 4.60. The Labute approximate surface area is 101 Å². The fourth-order valence-electron chi connectivity index (χ4n) is 1.73. The molecule has 0 N–H and O–H groups in total. The number of hydrogen-bond donors (Lipinski definition) is 0. The van der Waals surface area contributed by atoms with Gasteiger partial charge in [0.05, 0.1) is 19.3 Å². The SMILES string of the molecule is CN(CC1CO1)c1ccc(OC[C@@H]2CO2)cc1. The first-order valence-electron chi connectivity index (χ1n) is 5.98. The molecule has 2 aliphatic heterocycles. The fourth-order valence-corrected chi connectivity index (χ4v) is 1.73. The number of likely N-dealkylation sites (N-methyl/N-ethyl adjacent to an activating group) is 1. The highest BCUT2D eigenvalue weighted by atomic mass is 16.6. The van der Waals surface area contributed by atoms with Crippen molar-refractivity contribution in [3.05, 3.63) is 24.3 Å². The van der Waals surface area contributed by atoms with Gasteiger partial charge in [0, 0.05) is 19.3 Å². The summed E-state index contributed by atoms with van der Waals surface area (Å²) in [7, 11) is 2.08. The molecule has 2 aliphatic rings. The third-order valence-electron chi connectivity index (χ3n) is 3.00. The third kappa shape index (κ3) is 3.11. The topological polar surface area (TPSA) is 37.5 Å². The standard InChI is InChI=1S/C13H17NO3/c1-14(6-12-7-16-12)10-2-4-11(5-3-10)15-8-13-9-17-13/h2-5,12-13H,6-9H2,1H3/t12?,13-/m1/s1. The lowest BCUT2D eigenvalue weighted by Crippen LogP contribution is -2.22. The zero-order valence-electron chi connectivity index (χ0n) is 9.96. The molecule has 0 saturated carbocycles. The van der Waals surface area contributed by atoms with Crippen molar-refractivity contribution < 1.29 is 14.2 Å². The Morgan fingerprint density at radius 1 is 1.18 bits per heavy atom. The van der Waals surface area contributed by atoms with Crippen molar-refractivity contribution in [2.45, 2.75) is 12.2 Å². The second-order valence-corrected chi connectivity index (χ2v) is 4.60. The summed E-state index contributed by atoms with van der Waals surface area (Å²) in [5.74, 6) is 0.903. The van der Waals surface area contributed by atoms with E-state index in [-0.39, 0.29) is 0 Å². The summed E-state index contributed by atoms with van der Waals surface area (Å²) in [5.41, 5.74) is 1.19. The summed E-state index contributed by atoms with van der Waals surface area (Å²) in [5, 5.41) is 0. The van der Waals surface area contributed by atoms with Gasteiger partial charge >= 0.3 is 0 Å². The van der Waals surface area contributed by atoms with Crippen molar-refractivity contribution in [2.75, 3.05) is 38.3 Å². The molecule has 2 atom stereocenters. The van der Waals surface area contributed by atoms with E-state index in [1.165, 1.54) is 5.69 Å². The van der Waals surface area contributed by atoms with Crippen LogP contribution >= 0.6 is 0 Å². The summed E-state index contributed by atoms with van der Waals surface area (Å²) in [6, 6.07) is 8.15. The van der Waals surface area contributed by atoms with Crippen LogP contribution < -0.4 is 9.64 Å². The number of hydrogen-bond acceptors (Lipinski definition) is 4. The maximum absolute atomic E-state index is 5.59. The number of ether oxygens (including phenoxy) is 3. The lowest BCUT2D eigenvalue weighted by atomic mass is 10.2. The predicted octanol–water partition coefficient (Wildman–Crippen LogP) is 1.30. The molecular weight excluding hydrogens is 218 g/mol. The van der Waals surface area contributed by atoms with Crippen LogP contribution in [-0.2, 0) is 9.47 Å². The minimum absolute atomic E-state index is 0.310. The van der Waals surface area contributed by atoms with Crippen molar-refractivity contribution in [3.63, 3.8) is 0 Å². The van der Waals surface area contributed by atoms with Crippen molar-refractivity contribution in [1.82, 2.24) is 0 Å². The van der Waals surface area contributed by atoms with Gasteiger partial charge in [-0.15, -0.1) is 0 Å². The highest BCUT2D eigenvalue weighted by Gasteiger charge is 2.24. The number of epoxide rings is 2. The number of nitrogens with zero attached hydrogens (tertiary/aromatic N) is 1. The Kier molecular flexibility index (Phi) is 2.91. The summed E-state index contributed by atoms with van der Waals surface area (Å²) in [6.07, 6.45) is 0.729. The molecule has 92 valence electrons. The maximum Gasteiger partial charge on any atom is 0.119 e. The van der Waals surface area contributed by atoms with Crippen LogP contribution in [0.3, 0.4) is 0 Å². The van der Waals surface area contributed by atoms with Gasteiger partial charge in [-0.3, -0.25) is 0 Å². The van der Waals surface area contributed by atoms with Crippen molar-refractivity contribution in [1.29, 1.82) is 0 Å². The second kappa shape index (κ2) is 4.55. The van der Waals surface area contributed by atoms with Gasteiger partial charge in [-0.1, -0.05) is 0 Å². The molecule has 2 saturated heterocycles. The molecule has 1 aromatic carbocycles. The summed E-state index contributed by atoms with van der Waals surface area (Å²) in [4.78, 5) is 2.20. The summed E-state index contributed by atoms with van der Waals surface area (Å²) in [6.45, 7) is 3.34. The number of benzene rings is 1. The smallest absolute Gasteiger partial charge is 0.119 e. The van der Waals surface area contributed by atoms with Crippen molar-refractivity contribution in [3.8, 4) is 5.75 Å². The molecule has 4 heteroatoms. The molecule has 17 heavy (non-hydrogen) atoms. The normalized spacial score (nSPS) is 25.5. The van der Waals surface area contributed by atoms with E-state index in [9.17, 15) is 0 Å². The molecule has 2 fully saturated rings. The highest BCUT2D eigenvalue weighted by Crippen LogP contribution is 2.21. The van der Waals surface area contributed by atoms with Crippen LogP contribution in [-0.4, -0.2) is 45.6 Å². The Morgan fingerprint density at radius 2 is 1.82 bits per heavy atom. The van der Waals surface area contributed by atoms with E-state index in [0.29, 0.717) is 18.8 Å². The van der Waals surface area contributed by atoms with Crippen molar-refractivity contribution >= 4 is 5.69 Å². The predicted molar refractivity (Wildman–Crippen MR) is 64.7 cm³/mol. The molecule has 4 nitrogen and oxygen atoms in total. The molecule has 2 heterocycles. The van der Waals surface area contributed by atoms with E-state index in [0.717, 1.165) is 25.5 Å². The van der Waals surface area contributed by atoms with Crippen molar-refractivity contribution in [2.24, 2.45) is 0 Å². The van der Waals surface area contributed by atoms with Gasteiger partial charge in [0.1, 0.15) is 18.5 Å². The monoisotopic (exact) mass is 235 g/mol. The molecule has 0 bridgehead atoms. The molecule has 1 unspecified atom stereocenters. The Balaban J connectivity index is 1.53. The first-order valence-corrected chi connectivity index (χ1v) is 5.98. The highest BCUT2D eigenvalue weighted by molar-refractivity contribution is 5.48. The Morgan fingerprint density at radius 3 is 2.41 bits per heavy atom. The van der Waals surface area contributed by atoms with Crippen LogP contribution in [0.1, 0.15) is 0 Å². The molecule has 3 rings (SSSR count).